The first kappa shape index (κ1) is 20.8. The second kappa shape index (κ2) is 8.95. The third kappa shape index (κ3) is 6.36. The average molecular weight is 383 g/mol. The Bertz CT molecular complexity index is 886. The van der Waals surface area contributed by atoms with Gasteiger partial charge in [-0.1, -0.05) is 0 Å². The summed E-state index contributed by atoms with van der Waals surface area (Å²) in [6, 6.07) is 10.9. The van der Waals surface area contributed by atoms with E-state index in [4.69, 9.17) is 15.7 Å². The molecule has 146 valence electrons. The number of rotatable bonds is 2. The third-order valence-electron chi connectivity index (χ3n) is 3.74. The van der Waals surface area contributed by atoms with Crippen LogP contribution in [0.3, 0.4) is 0 Å². The summed E-state index contributed by atoms with van der Waals surface area (Å²) in [5.74, 6) is -0.782. The molecule has 1 aromatic carbocycles. The number of benzene rings is 1. The van der Waals surface area contributed by atoms with Gasteiger partial charge in [-0.2, -0.15) is 5.26 Å². The number of carbonyl (C=O) groups is 1. The molecular formula is C20H22FN5O2. The molecule has 0 aliphatic carbocycles. The van der Waals surface area contributed by atoms with E-state index in [2.05, 4.69) is 15.3 Å². The third-order valence-corrected chi connectivity index (χ3v) is 3.74. The molecule has 28 heavy (non-hydrogen) atoms. The summed E-state index contributed by atoms with van der Waals surface area (Å²) < 4.78 is 17.9. The predicted molar refractivity (Wildman–Crippen MR) is 104 cm³/mol. The first-order chi connectivity index (χ1) is 13.2. The van der Waals surface area contributed by atoms with Crippen LogP contribution in [0.1, 0.15) is 43.2 Å². The Labute approximate surface area is 163 Å². The molecule has 0 bridgehead atoms. The Kier molecular flexibility index (Phi) is 6.66. The van der Waals surface area contributed by atoms with E-state index in [9.17, 15) is 9.18 Å². The largest absolute Gasteiger partial charge is 0.459 e. The number of nitrogens with two attached hydrogens (primary N) is 1. The van der Waals surface area contributed by atoms with Gasteiger partial charge in [0.25, 0.3) is 11.9 Å². The van der Waals surface area contributed by atoms with Gasteiger partial charge in [-0.25, -0.2) is 14.4 Å². The number of nitrogens with one attached hydrogen (secondary N) is 1. The van der Waals surface area contributed by atoms with Crippen molar-refractivity contribution in [3.05, 3.63) is 59.7 Å². The number of aromatic nitrogens is 1. The summed E-state index contributed by atoms with van der Waals surface area (Å²) in [6.07, 6.45) is 2.26. The number of ether oxygens (including phenoxy) is 1. The zero-order valence-corrected chi connectivity index (χ0v) is 15.9. The number of halogens is 1. The molecule has 0 fully saturated rings. The van der Waals surface area contributed by atoms with Crippen LogP contribution in [0.15, 0.2) is 47.6 Å². The van der Waals surface area contributed by atoms with E-state index in [1.54, 1.807) is 0 Å². The van der Waals surface area contributed by atoms with Crippen molar-refractivity contribution in [2.24, 2.45) is 10.7 Å². The van der Waals surface area contributed by atoms with E-state index in [0.29, 0.717) is 23.3 Å². The maximum Gasteiger partial charge on any atom is 0.282 e. The summed E-state index contributed by atoms with van der Waals surface area (Å²) in [6.45, 7) is 6.08. The smallest absolute Gasteiger partial charge is 0.282 e. The summed E-state index contributed by atoms with van der Waals surface area (Å²) in [4.78, 5) is 19.7. The van der Waals surface area contributed by atoms with Crippen LogP contribution < -0.4 is 11.1 Å². The van der Waals surface area contributed by atoms with E-state index in [1.165, 1.54) is 42.6 Å². The van der Waals surface area contributed by atoms with Crippen molar-refractivity contribution in [1.29, 1.82) is 5.26 Å². The number of hydrogen-bond donors (Lipinski definition) is 2. The van der Waals surface area contributed by atoms with E-state index >= 15 is 0 Å². The van der Waals surface area contributed by atoms with Crippen LogP contribution in [0, 0.1) is 17.1 Å². The van der Waals surface area contributed by atoms with Gasteiger partial charge < -0.3 is 15.8 Å². The first-order valence-corrected chi connectivity index (χ1v) is 8.64. The monoisotopic (exact) mass is 383 g/mol. The minimum absolute atomic E-state index is 0.134. The van der Waals surface area contributed by atoms with Crippen LogP contribution in [0.5, 0.6) is 0 Å². The quantitative estimate of drug-likeness (QED) is 0.826. The molecule has 1 aliphatic rings. The van der Waals surface area contributed by atoms with Crippen LogP contribution >= 0.6 is 0 Å². The molecule has 7 nitrogen and oxygen atoms in total. The number of nitriles is 1. The fourth-order valence-corrected chi connectivity index (χ4v) is 2.65. The zero-order valence-electron chi connectivity index (χ0n) is 15.9. The van der Waals surface area contributed by atoms with Crippen LogP contribution in [0.25, 0.3) is 0 Å². The normalized spacial score (nSPS) is 17.1. The van der Waals surface area contributed by atoms with Gasteiger partial charge >= 0.3 is 0 Å². The molecule has 2 heterocycles. The summed E-state index contributed by atoms with van der Waals surface area (Å²) >= 11 is 0. The maximum atomic E-state index is 12.7. The van der Waals surface area contributed by atoms with E-state index in [0.717, 1.165) is 6.42 Å². The molecule has 1 aliphatic heterocycles. The number of nitrogens with zero attached hydrogens (tertiary/aromatic N) is 3. The fraction of sp³-hybridized carbons (Fsp3) is 0.300. The minimum Gasteiger partial charge on any atom is -0.459 e. The van der Waals surface area contributed by atoms with Gasteiger partial charge in [-0.15, -0.1) is 0 Å². The van der Waals surface area contributed by atoms with Crippen molar-refractivity contribution in [1.82, 2.24) is 4.98 Å². The molecule has 1 amide bonds. The van der Waals surface area contributed by atoms with Crippen LogP contribution in [0.2, 0.25) is 0 Å². The van der Waals surface area contributed by atoms with Gasteiger partial charge in [-0.3, -0.25) is 4.79 Å². The van der Waals surface area contributed by atoms with Gasteiger partial charge in [-0.05, 0) is 57.2 Å². The number of carbonyl (C=O) groups excluding carboxylic acids is 1. The van der Waals surface area contributed by atoms with Crippen LogP contribution in [-0.4, -0.2) is 28.6 Å². The fourth-order valence-electron chi connectivity index (χ4n) is 2.65. The van der Waals surface area contributed by atoms with Gasteiger partial charge in [0.05, 0.1) is 11.6 Å². The highest BCUT2D eigenvalue weighted by atomic mass is 19.1. The summed E-state index contributed by atoms with van der Waals surface area (Å²) in [7, 11) is 0. The lowest BCUT2D eigenvalue weighted by Gasteiger charge is -2.31. The van der Waals surface area contributed by atoms with E-state index < -0.39 is 5.91 Å². The molecule has 2 aromatic rings. The first-order valence-electron chi connectivity index (χ1n) is 8.64. The standard InChI is InChI=1S/C13H8FN3O.C7H14N2O/c14-10-2-4-11(5-3-10)17-13(18)12-6-1-9(7-15)8-16-12;1-5-4-7(2,3)10-6(8)9-5/h1-6,8H,(H,17,18);5H,4H2,1-3H3,(H2,8,9)/t;5-/m.0/s1. The molecule has 3 rings (SSSR count). The summed E-state index contributed by atoms with van der Waals surface area (Å²) in [5, 5.41) is 11.2. The van der Waals surface area contributed by atoms with Gasteiger partial charge in [0, 0.05) is 18.3 Å². The van der Waals surface area contributed by atoms with Crippen molar-refractivity contribution in [2.75, 3.05) is 5.32 Å². The van der Waals surface area contributed by atoms with Crippen LogP contribution in [0.4, 0.5) is 10.1 Å². The van der Waals surface area contributed by atoms with Crippen molar-refractivity contribution < 1.29 is 13.9 Å². The molecule has 1 atom stereocenters. The second-order valence-electron chi connectivity index (χ2n) is 6.89. The molecule has 0 saturated carbocycles. The average Bonchev–Trinajstić information content (AvgIpc) is 2.62. The molecule has 3 N–H and O–H groups in total. The SMILES string of the molecule is C[C@H]1CC(C)(C)OC(N)=N1.N#Cc1ccc(C(=O)Nc2ccc(F)cc2)nc1. The highest BCUT2D eigenvalue weighted by Gasteiger charge is 2.27. The Morgan fingerprint density at radius 2 is 2.00 bits per heavy atom. The highest BCUT2D eigenvalue weighted by Crippen LogP contribution is 2.22. The molecule has 1 aromatic heterocycles. The van der Waals surface area contributed by atoms with Crippen molar-refractivity contribution in [3.63, 3.8) is 0 Å². The molecule has 0 spiro atoms. The molecular weight excluding hydrogens is 361 g/mol. The summed E-state index contributed by atoms with van der Waals surface area (Å²) in [5.41, 5.74) is 6.35. The van der Waals surface area contributed by atoms with Gasteiger partial charge in [0.2, 0.25) is 0 Å². The predicted octanol–water partition coefficient (Wildman–Crippen LogP) is 3.23. The Morgan fingerprint density at radius 3 is 2.50 bits per heavy atom. The molecule has 0 unspecified atom stereocenters. The maximum absolute atomic E-state index is 12.7. The van der Waals surface area contributed by atoms with E-state index in [-0.39, 0.29) is 17.1 Å². The highest BCUT2D eigenvalue weighted by molar-refractivity contribution is 6.02. The minimum atomic E-state index is -0.411. The molecule has 8 heteroatoms. The lowest BCUT2D eigenvalue weighted by Crippen LogP contribution is -2.39. The lowest BCUT2D eigenvalue weighted by atomic mass is 9.99. The van der Waals surface area contributed by atoms with Crippen molar-refractivity contribution in [3.8, 4) is 6.07 Å². The molecule has 0 radical (unpaired) electrons. The number of anilines is 1. The van der Waals surface area contributed by atoms with Crippen molar-refractivity contribution >= 4 is 17.6 Å². The topological polar surface area (TPSA) is 113 Å². The Morgan fingerprint density at radius 1 is 1.32 bits per heavy atom. The number of amides is 1. The Balaban J connectivity index is 0.000000237. The van der Waals surface area contributed by atoms with E-state index in [1.807, 2.05) is 26.8 Å². The van der Waals surface area contributed by atoms with Gasteiger partial charge in [0.15, 0.2) is 0 Å². The number of hydrogen-bond acceptors (Lipinski definition) is 6. The lowest BCUT2D eigenvalue weighted by molar-refractivity contribution is 0.0624. The molecule has 0 saturated heterocycles. The number of pyridine rings is 1. The Hall–Kier alpha value is -3.47. The second-order valence-corrected chi connectivity index (χ2v) is 6.89. The number of amidine groups is 1. The van der Waals surface area contributed by atoms with Crippen LogP contribution in [-0.2, 0) is 4.74 Å². The van der Waals surface area contributed by atoms with Crippen molar-refractivity contribution in [2.45, 2.75) is 38.8 Å². The van der Waals surface area contributed by atoms with Gasteiger partial charge in [0.1, 0.15) is 23.2 Å². The number of aliphatic imine (C=N–C) groups is 1. The zero-order chi connectivity index (χ0) is 20.7.